The van der Waals surface area contributed by atoms with E-state index in [4.69, 9.17) is 4.98 Å². The van der Waals surface area contributed by atoms with Crippen LogP contribution in [0.1, 0.15) is 36.5 Å². The lowest BCUT2D eigenvalue weighted by Crippen LogP contribution is -2.35. The fourth-order valence-electron chi connectivity index (χ4n) is 4.19. The number of rotatable bonds is 6. The van der Waals surface area contributed by atoms with E-state index in [0.29, 0.717) is 5.92 Å². The molecule has 0 unspecified atom stereocenters. The number of carbonyl (C=O) groups excluding carboxylic acids is 1. The highest BCUT2D eigenvalue weighted by atomic mass is 16.2. The summed E-state index contributed by atoms with van der Waals surface area (Å²) in [6.07, 6.45) is 3.50. The van der Waals surface area contributed by atoms with E-state index in [9.17, 15) is 4.79 Å². The Morgan fingerprint density at radius 3 is 2.55 bits per heavy atom. The van der Waals surface area contributed by atoms with E-state index in [-0.39, 0.29) is 5.91 Å². The van der Waals surface area contributed by atoms with Crippen LogP contribution in [0.15, 0.2) is 60.7 Å². The average Bonchev–Trinajstić information content (AvgIpc) is 2.80. The molecule has 1 amide bonds. The third kappa shape index (κ3) is 4.48. The average molecular weight is 388 g/mol. The summed E-state index contributed by atoms with van der Waals surface area (Å²) in [5.74, 6) is 0.823. The van der Waals surface area contributed by atoms with Crippen molar-refractivity contribution < 1.29 is 4.79 Å². The van der Waals surface area contributed by atoms with Gasteiger partial charge in [-0.2, -0.15) is 0 Å². The van der Waals surface area contributed by atoms with Gasteiger partial charge in [-0.15, -0.1) is 0 Å². The maximum absolute atomic E-state index is 13.5. The second-order valence-corrected chi connectivity index (χ2v) is 7.81. The first-order chi connectivity index (χ1) is 14.3. The molecule has 3 aromatic rings. The molecule has 0 radical (unpaired) electrons. The second kappa shape index (κ2) is 9.19. The van der Waals surface area contributed by atoms with Gasteiger partial charge in [0.2, 0.25) is 0 Å². The molecular formula is C25H29N3O. The molecule has 2 heterocycles. The molecule has 4 nitrogen and oxygen atoms in total. The number of nitrogens with zero attached hydrogens (tertiary/aromatic N) is 2. The third-order valence-electron chi connectivity index (χ3n) is 5.95. The molecule has 1 aliphatic heterocycles. The second-order valence-electron chi connectivity index (χ2n) is 7.81. The monoisotopic (exact) mass is 387 g/mol. The number of fused-ring (bicyclic) bond motifs is 1. The molecule has 4 heteroatoms. The van der Waals surface area contributed by atoms with Crippen molar-refractivity contribution in [3.63, 3.8) is 0 Å². The summed E-state index contributed by atoms with van der Waals surface area (Å²) >= 11 is 0. The van der Waals surface area contributed by atoms with Crippen LogP contribution in [-0.2, 0) is 0 Å². The quantitative estimate of drug-likeness (QED) is 0.664. The topological polar surface area (TPSA) is 45.2 Å². The SMILES string of the molecule is CCN(CCC1CCNCC1)C(=O)c1cc(-c2ccccc2)nc2ccccc12. The maximum Gasteiger partial charge on any atom is 0.254 e. The summed E-state index contributed by atoms with van der Waals surface area (Å²) in [6.45, 7) is 5.81. The van der Waals surface area contributed by atoms with E-state index in [1.807, 2.05) is 65.6 Å². The molecule has 150 valence electrons. The van der Waals surface area contributed by atoms with Crippen molar-refractivity contribution >= 4 is 16.8 Å². The third-order valence-corrected chi connectivity index (χ3v) is 5.95. The minimum atomic E-state index is 0.109. The smallest absolute Gasteiger partial charge is 0.254 e. The van der Waals surface area contributed by atoms with Crippen LogP contribution in [0.25, 0.3) is 22.2 Å². The van der Waals surface area contributed by atoms with Gasteiger partial charge < -0.3 is 10.2 Å². The van der Waals surface area contributed by atoms with Crippen LogP contribution in [0.3, 0.4) is 0 Å². The Morgan fingerprint density at radius 2 is 1.79 bits per heavy atom. The molecular weight excluding hydrogens is 358 g/mol. The number of hydrogen-bond donors (Lipinski definition) is 1. The van der Waals surface area contributed by atoms with Crippen LogP contribution >= 0.6 is 0 Å². The van der Waals surface area contributed by atoms with Crippen LogP contribution in [0.2, 0.25) is 0 Å². The van der Waals surface area contributed by atoms with Crippen molar-refractivity contribution in [2.24, 2.45) is 5.92 Å². The van der Waals surface area contributed by atoms with E-state index in [1.54, 1.807) is 0 Å². The molecule has 1 saturated heterocycles. The number of para-hydroxylation sites is 1. The molecule has 0 aliphatic carbocycles. The highest BCUT2D eigenvalue weighted by molar-refractivity contribution is 6.07. The van der Waals surface area contributed by atoms with Gasteiger partial charge in [0.15, 0.2) is 0 Å². The molecule has 2 aromatic carbocycles. The molecule has 1 N–H and O–H groups in total. The van der Waals surface area contributed by atoms with Crippen molar-refractivity contribution in [2.45, 2.75) is 26.2 Å². The maximum atomic E-state index is 13.5. The lowest BCUT2D eigenvalue weighted by molar-refractivity contribution is 0.0754. The summed E-state index contributed by atoms with van der Waals surface area (Å²) in [6, 6.07) is 20.0. The van der Waals surface area contributed by atoms with E-state index in [2.05, 4.69) is 12.2 Å². The lowest BCUT2D eigenvalue weighted by atomic mass is 9.94. The van der Waals surface area contributed by atoms with Crippen LogP contribution in [-0.4, -0.2) is 42.0 Å². The highest BCUT2D eigenvalue weighted by Gasteiger charge is 2.21. The summed E-state index contributed by atoms with van der Waals surface area (Å²) in [4.78, 5) is 20.3. The van der Waals surface area contributed by atoms with Gasteiger partial charge in [0.25, 0.3) is 5.91 Å². The number of pyridine rings is 1. The number of carbonyl (C=O) groups is 1. The Morgan fingerprint density at radius 1 is 1.07 bits per heavy atom. The van der Waals surface area contributed by atoms with E-state index >= 15 is 0 Å². The minimum absolute atomic E-state index is 0.109. The summed E-state index contributed by atoms with van der Waals surface area (Å²) in [5, 5.41) is 4.35. The number of piperidine rings is 1. The van der Waals surface area contributed by atoms with Crippen LogP contribution in [0.5, 0.6) is 0 Å². The van der Waals surface area contributed by atoms with Gasteiger partial charge in [-0.1, -0.05) is 48.5 Å². The number of amides is 1. The van der Waals surface area contributed by atoms with Gasteiger partial charge in [0.05, 0.1) is 16.8 Å². The molecule has 29 heavy (non-hydrogen) atoms. The molecule has 0 saturated carbocycles. The molecule has 0 atom stereocenters. The van der Waals surface area contributed by atoms with Crippen molar-refractivity contribution in [3.05, 3.63) is 66.2 Å². The lowest BCUT2D eigenvalue weighted by Gasteiger charge is -2.27. The summed E-state index contributed by atoms with van der Waals surface area (Å²) in [5.41, 5.74) is 3.50. The zero-order valence-electron chi connectivity index (χ0n) is 17.1. The summed E-state index contributed by atoms with van der Waals surface area (Å²) in [7, 11) is 0. The Balaban J connectivity index is 1.64. The van der Waals surface area contributed by atoms with Gasteiger partial charge in [0, 0.05) is 24.0 Å². The predicted octanol–water partition coefficient (Wildman–Crippen LogP) is 4.75. The number of hydrogen-bond acceptors (Lipinski definition) is 3. The number of benzene rings is 2. The minimum Gasteiger partial charge on any atom is -0.339 e. The normalized spacial score (nSPS) is 14.8. The van der Waals surface area contributed by atoms with Crippen LogP contribution in [0.4, 0.5) is 0 Å². The standard InChI is InChI=1S/C25H29N3O/c1-2-28(17-14-19-12-15-26-16-13-19)25(29)22-18-24(20-8-4-3-5-9-20)27-23-11-7-6-10-21(22)23/h3-11,18-19,26H,2,12-17H2,1H3. The Bertz CT molecular complexity index is 964. The Kier molecular flexibility index (Phi) is 6.20. The molecule has 1 aliphatic rings. The summed E-state index contributed by atoms with van der Waals surface area (Å²) < 4.78 is 0. The largest absolute Gasteiger partial charge is 0.339 e. The van der Waals surface area contributed by atoms with E-state index in [1.165, 1.54) is 12.8 Å². The van der Waals surface area contributed by atoms with Gasteiger partial charge in [-0.3, -0.25) is 4.79 Å². The Labute approximate surface area is 173 Å². The van der Waals surface area contributed by atoms with Crippen LogP contribution in [0, 0.1) is 5.92 Å². The van der Waals surface area contributed by atoms with E-state index < -0.39 is 0 Å². The van der Waals surface area contributed by atoms with Gasteiger partial charge in [0.1, 0.15) is 0 Å². The molecule has 0 spiro atoms. The molecule has 1 fully saturated rings. The first-order valence-electron chi connectivity index (χ1n) is 10.7. The van der Waals surface area contributed by atoms with Crippen molar-refractivity contribution in [2.75, 3.05) is 26.2 Å². The molecule has 0 bridgehead atoms. The zero-order valence-corrected chi connectivity index (χ0v) is 17.1. The fourth-order valence-corrected chi connectivity index (χ4v) is 4.19. The van der Waals surface area contributed by atoms with Gasteiger partial charge in [-0.25, -0.2) is 4.98 Å². The fraction of sp³-hybridized carbons (Fsp3) is 0.360. The van der Waals surface area contributed by atoms with Crippen molar-refractivity contribution in [1.82, 2.24) is 15.2 Å². The molecule has 1 aromatic heterocycles. The first kappa shape index (κ1) is 19.6. The molecule has 4 rings (SSSR count). The van der Waals surface area contributed by atoms with Gasteiger partial charge in [-0.05, 0) is 57.3 Å². The highest BCUT2D eigenvalue weighted by Crippen LogP contribution is 2.26. The van der Waals surface area contributed by atoms with Gasteiger partial charge >= 0.3 is 0 Å². The number of nitrogens with one attached hydrogen (secondary N) is 1. The van der Waals surface area contributed by atoms with Crippen molar-refractivity contribution in [3.8, 4) is 11.3 Å². The van der Waals surface area contributed by atoms with Crippen molar-refractivity contribution in [1.29, 1.82) is 0 Å². The Hall–Kier alpha value is -2.72. The predicted molar refractivity (Wildman–Crippen MR) is 119 cm³/mol. The number of aromatic nitrogens is 1. The first-order valence-corrected chi connectivity index (χ1v) is 10.7. The van der Waals surface area contributed by atoms with Crippen LogP contribution < -0.4 is 5.32 Å². The zero-order chi connectivity index (χ0) is 20.1. The van der Waals surface area contributed by atoms with E-state index in [0.717, 1.165) is 60.3 Å².